The highest BCUT2D eigenvalue weighted by molar-refractivity contribution is 5.92. The third-order valence-corrected chi connectivity index (χ3v) is 4.44. The van der Waals surface area contributed by atoms with Gasteiger partial charge in [0, 0.05) is 36.8 Å². The number of rotatable bonds is 5. The Balaban J connectivity index is 0.00000196. The summed E-state index contributed by atoms with van der Waals surface area (Å²) in [6.07, 6.45) is 1.02. The molecule has 3 N–H and O–H groups in total. The lowest BCUT2D eigenvalue weighted by atomic mass is 10.1. The van der Waals surface area contributed by atoms with Gasteiger partial charge in [-0.05, 0) is 44.0 Å². The van der Waals surface area contributed by atoms with Gasteiger partial charge in [0.15, 0.2) is 0 Å². The maximum absolute atomic E-state index is 13.5. The quantitative estimate of drug-likeness (QED) is 0.625. The summed E-state index contributed by atoms with van der Waals surface area (Å²) in [4.78, 5) is 16.7. The Morgan fingerprint density at radius 1 is 1.25 bits per heavy atom. The molecule has 28 heavy (non-hydrogen) atoms. The molecule has 1 heterocycles. The third kappa shape index (κ3) is 5.22. The second-order valence-electron chi connectivity index (χ2n) is 6.72. The first-order valence-corrected chi connectivity index (χ1v) is 8.63. The first-order valence-electron chi connectivity index (χ1n) is 8.63. The van der Waals surface area contributed by atoms with Gasteiger partial charge < -0.3 is 15.6 Å². The average Bonchev–Trinajstić information content (AvgIpc) is 2.91. The molecule has 5 nitrogen and oxygen atoms in total. The number of anilines is 1. The molecule has 0 spiro atoms. The summed E-state index contributed by atoms with van der Waals surface area (Å²) in [5, 5.41) is 2.95. The van der Waals surface area contributed by atoms with Crippen LogP contribution in [0, 0.1) is 12.7 Å². The summed E-state index contributed by atoms with van der Waals surface area (Å²) in [5.74, 6) is 0.347. The molecule has 1 atom stereocenters. The SMILES string of the molecule is Cc1ccc(-c2nc3cc(F)ccc3n2C)cc1NC(=O)CCC(C)N.Cl.Cl. The Hall–Kier alpha value is -2.15. The van der Waals surface area contributed by atoms with Gasteiger partial charge in [-0.3, -0.25) is 4.79 Å². The van der Waals surface area contributed by atoms with Gasteiger partial charge in [0.05, 0.1) is 11.0 Å². The Morgan fingerprint density at radius 2 is 1.96 bits per heavy atom. The highest BCUT2D eigenvalue weighted by Crippen LogP contribution is 2.28. The molecular formula is C20H25Cl2FN4O. The van der Waals surface area contributed by atoms with E-state index in [1.807, 2.05) is 43.7 Å². The van der Waals surface area contributed by atoms with E-state index in [0.717, 1.165) is 28.2 Å². The molecule has 1 amide bonds. The van der Waals surface area contributed by atoms with E-state index in [9.17, 15) is 9.18 Å². The van der Waals surface area contributed by atoms with Crippen molar-refractivity contribution < 1.29 is 9.18 Å². The molecule has 3 rings (SSSR count). The lowest BCUT2D eigenvalue weighted by Crippen LogP contribution is -2.19. The summed E-state index contributed by atoms with van der Waals surface area (Å²) >= 11 is 0. The summed E-state index contributed by atoms with van der Waals surface area (Å²) in [5.41, 5.74) is 9.73. The molecule has 0 fully saturated rings. The Kier molecular flexibility index (Phi) is 8.42. The van der Waals surface area contributed by atoms with Crippen molar-refractivity contribution in [3.05, 3.63) is 47.8 Å². The zero-order valence-corrected chi connectivity index (χ0v) is 17.7. The van der Waals surface area contributed by atoms with Crippen LogP contribution < -0.4 is 11.1 Å². The number of nitrogens with two attached hydrogens (primary N) is 1. The number of halogens is 3. The van der Waals surface area contributed by atoms with E-state index in [1.165, 1.54) is 12.1 Å². The summed E-state index contributed by atoms with van der Waals surface area (Å²) in [6, 6.07) is 10.3. The number of carbonyl (C=O) groups excluding carboxylic acids is 1. The largest absolute Gasteiger partial charge is 0.328 e. The number of imidazole rings is 1. The molecule has 1 unspecified atom stereocenters. The van der Waals surface area contributed by atoms with Crippen molar-refractivity contribution in [2.24, 2.45) is 12.8 Å². The van der Waals surface area contributed by atoms with Gasteiger partial charge in [-0.25, -0.2) is 9.37 Å². The molecule has 3 aromatic rings. The molecule has 2 aromatic carbocycles. The van der Waals surface area contributed by atoms with Crippen molar-refractivity contribution in [3.8, 4) is 11.4 Å². The molecule has 0 aliphatic carbocycles. The monoisotopic (exact) mass is 426 g/mol. The van der Waals surface area contributed by atoms with E-state index in [1.54, 1.807) is 6.07 Å². The highest BCUT2D eigenvalue weighted by atomic mass is 35.5. The first kappa shape index (κ1) is 23.9. The van der Waals surface area contributed by atoms with E-state index in [4.69, 9.17) is 5.73 Å². The Labute approximate surface area is 176 Å². The fourth-order valence-corrected chi connectivity index (χ4v) is 2.90. The minimum Gasteiger partial charge on any atom is -0.328 e. The predicted molar refractivity (Wildman–Crippen MR) is 117 cm³/mol. The molecule has 0 aliphatic heterocycles. The Bertz CT molecular complexity index is 972. The van der Waals surface area contributed by atoms with Gasteiger partial charge in [-0.2, -0.15) is 0 Å². The molecule has 0 radical (unpaired) electrons. The fraction of sp³-hybridized carbons (Fsp3) is 0.300. The van der Waals surface area contributed by atoms with Gasteiger partial charge >= 0.3 is 0 Å². The van der Waals surface area contributed by atoms with Gasteiger partial charge in [0.2, 0.25) is 5.91 Å². The summed E-state index contributed by atoms with van der Waals surface area (Å²) in [7, 11) is 1.89. The van der Waals surface area contributed by atoms with E-state index in [-0.39, 0.29) is 42.6 Å². The van der Waals surface area contributed by atoms with Gasteiger partial charge in [-0.15, -0.1) is 24.8 Å². The Morgan fingerprint density at radius 3 is 2.64 bits per heavy atom. The maximum Gasteiger partial charge on any atom is 0.224 e. The number of aryl methyl sites for hydroxylation is 2. The third-order valence-electron chi connectivity index (χ3n) is 4.44. The van der Waals surface area contributed by atoms with Crippen molar-refractivity contribution in [2.75, 3.05) is 5.32 Å². The minimum atomic E-state index is -0.312. The number of fused-ring (bicyclic) bond motifs is 1. The molecule has 8 heteroatoms. The number of nitrogens with zero attached hydrogens (tertiary/aromatic N) is 2. The fourth-order valence-electron chi connectivity index (χ4n) is 2.90. The zero-order chi connectivity index (χ0) is 18.8. The first-order chi connectivity index (χ1) is 12.3. The van der Waals surface area contributed by atoms with Crippen molar-refractivity contribution in [1.29, 1.82) is 0 Å². The molecule has 0 aliphatic rings. The predicted octanol–water partition coefficient (Wildman–Crippen LogP) is 4.60. The molecular weight excluding hydrogens is 402 g/mol. The van der Waals surface area contributed by atoms with Gasteiger partial charge in [-0.1, -0.05) is 12.1 Å². The molecule has 0 saturated carbocycles. The number of amides is 1. The second-order valence-corrected chi connectivity index (χ2v) is 6.72. The lowest BCUT2D eigenvalue weighted by Gasteiger charge is -2.11. The molecule has 0 bridgehead atoms. The number of aromatic nitrogens is 2. The van der Waals surface area contributed by atoms with E-state index in [0.29, 0.717) is 18.4 Å². The topological polar surface area (TPSA) is 72.9 Å². The number of nitrogens with one attached hydrogen (secondary N) is 1. The lowest BCUT2D eigenvalue weighted by molar-refractivity contribution is -0.116. The van der Waals surface area contributed by atoms with E-state index < -0.39 is 0 Å². The number of hydrogen-bond acceptors (Lipinski definition) is 3. The minimum absolute atomic E-state index is 0. The number of benzene rings is 2. The highest BCUT2D eigenvalue weighted by Gasteiger charge is 2.13. The number of carbonyl (C=O) groups is 1. The van der Waals surface area contributed by atoms with Crippen molar-refractivity contribution in [2.45, 2.75) is 32.7 Å². The van der Waals surface area contributed by atoms with Crippen LogP contribution in [-0.4, -0.2) is 21.5 Å². The van der Waals surface area contributed by atoms with Gasteiger partial charge in [0.1, 0.15) is 11.6 Å². The van der Waals surface area contributed by atoms with Crippen LogP contribution >= 0.6 is 24.8 Å². The van der Waals surface area contributed by atoms with Crippen LogP contribution in [0.4, 0.5) is 10.1 Å². The van der Waals surface area contributed by atoms with E-state index in [2.05, 4.69) is 10.3 Å². The van der Waals surface area contributed by atoms with Crippen LogP contribution in [0.2, 0.25) is 0 Å². The van der Waals surface area contributed by atoms with Crippen molar-refractivity contribution in [1.82, 2.24) is 9.55 Å². The standard InChI is InChI=1S/C20H23FN4O.2ClH/c1-12-4-6-14(10-16(12)23-19(26)9-5-13(2)22)20-24-17-11-15(21)7-8-18(17)25(20)3;;/h4,6-8,10-11,13H,5,9,22H2,1-3H3,(H,23,26);2*1H. The maximum atomic E-state index is 13.5. The summed E-state index contributed by atoms with van der Waals surface area (Å²) in [6.45, 7) is 3.82. The van der Waals surface area contributed by atoms with Crippen molar-refractivity contribution in [3.63, 3.8) is 0 Å². The average molecular weight is 427 g/mol. The van der Waals surface area contributed by atoms with Gasteiger partial charge in [0.25, 0.3) is 0 Å². The van der Waals surface area contributed by atoms with Crippen LogP contribution in [0.5, 0.6) is 0 Å². The smallest absolute Gasteiger partial charge is 0.224 e. The molecule has 152 valence electrons. The van der Waals surface area contributed by atoms with Crippen LogP contribution in [0.1, 0.15) is 25.3 Å². The molecule has 0 saturated heterocycles. The normalized spacial score (nSPS) is 11.5. The second kappa shape index (κ2) is 9.87. The van der Waals surface area contributed by atoms with Crippen molar-refractivity contribution >= 4 is 47.4 Å². The van der Waals surface area contributed by atoms with Crippen LogP contribution in [0.25, 0.3) is 22.4 Å². The van der Waals surface area contributed by atoms with E-state index >= 15 is 0 Å². The number of hydrogen-bond donors (Lipinski definition) is 2. The van der Waals surface area contributed by atoms with Crippen LogP contribution in [0.3, 0.4) is 0 Å². The summed E-state index contributed by atoms with van der Waals surface area (Å²) < 4.78 is 15.4. The molecule has 1 aromatic heterocycles. The van der Waals surface area contributed by atoms with Crippen LogP contribution in [0.15, 0.2) is 36.4 Å². The van der Waals surface area contributed by atoms with Crippen LogP contribution in [-0.2, 0) is 11.8 Å². The zero-order valence-electron chi connectivity index (χ0n) is 16.0.